The minimum atomic E-state index is 0.925. The van der Waals surface area contributed by atoms with Crippen LogP contribution in [-0.4, -0.2) is 44.0 Å². The van der Waals surface area contributed by atoms with E-state index in [1.54, 1.807) is 180 Å². The number of hydrogen-bond donors (Lipinski definition) is 0. The van der Waals surface area contributed by atoms with Crippen LogP contribution in [0.4, 0.5) is 0 Å². The van der Waals surface area contributed by atoms with E-state index in [0.717, 1.165) is 110 Å². The third-order valence-corrected chi connectivity index (χ3v) is 25.4. The van der Waals surface area contributed by atoms with Gasteiger partial charge in [0.15, 0.2) is 0 Å². The molecular formula is C54H89NS2. The molecule has 2 heterocycles. The third kappa shape index (κ3) is 8.32. The van der Waals surface area contributed by atoms with Gasteiger partial charge in [-0.25, -0.2) is 0 Å². The molecule has 0 bridgehead atoms. The molecule has 0 radical (unpaired) electrons. The lowest BCUT2D eigenvalue weighted by Gasteiger charge is -2.51. The summed E-state index contributed by atoms with van der Waals surface area (Å²) in [6.07, 6.45) is 54.9. The third-order valence-electron chi connectivity index (χ3n) is 21.6. The second-order valence-corrected chi connectivity index (χ2v) is 26.8. The smallest absolute Gasteiger partial charge is 0.0123 e. The Labute approximate surface area is 361 Å². The van der Waals surface area contributed by atoms with Crippen LogP contribution in [0.25, 0.3) is 0 Å². The predicted octanol–water partition coefficient (Wildman–Crippen LogP) is 15.5. The van der Waals surface area contributed by atoms with Gasteiger partial charge in [0, 0.05) is 39.1 Å². The molecule has 11 aliphatic rings. The van der Waals surface area contributed by atoms with Gasteiger partial charge in [0.2, 0.25) is 0 Å². The molecule has 11 fully saturated rings. The molecule has 9 unspecified atom stereocenters. The first-order chi connectivity index (χ1) is 28.2. The Morgan fingerprint density at radius 2 is 0.667 bits per heavy atom. The molecule has 9 aliphatic carbocycles. The van der Waals surface area contributed by atoms with Crippen molar-refractivity contribution >= 4 is 23.5 Å². The molecule has 322 valence electrons. The Morgan fingerprint density at radius 3 is 1.23 bits per heavy atom. The molecule has 0 aromatic heterocycles. The van der Waals surface area contributed by atoms with Crippen LogP contribution in [0.2, 0.25) is 0 Å². The van der Waals surface area contributed by atoms with Crippen LogP contribution in [0.3, 0.4) is 0 Å². The van der Waals surface area contributed by atoms with Gasteiger partial charge in [0.25, 0.3) is 0 Å². The van der Waals surface area contributed by atoms with Crippen molar-refractivity contribution in [2.45, 2.75) is 264 Å². The molecule has 0 aromatic rings. The maximum Gasteiger partial charge on any atom is 0.0123 e. The summed E-state index contributed by atoms with van der Waals surface area (Å²) < 4.78 is 0. The summed E-state index contributed by atoms with van der Waals surface area (Å²) in [5.41, 5.74) is 0. The van der Waals surface area contributed by atoms with Crippen LogP contribution in [0.15, 0.2) is 0 Å². The van der Waals surface area contributed by atoms with Gasteiger partial charge in [0.05, 0.1) is 0 Å². The zero-order valence-corrected chi connectivity index (χ0v) is 38.6. The topological polar surface area (TPSA) is 3.24 Å². The summed E-state index contributed by atoms with van der Waals surface area (Å²) >= 11 is 5.18. The largest absolute Gasteiger partial charge is 0.294 e. The van der Waals surface area contributed by atoms with E-state index in [9.17, 15) is 0 Å². The van der Waals surface area contributed by atoms with Crippen LogP contribution in [-0.2, 0) is 0 Å². The van der Waals surface area contributed by atoms with Gasteiger partial charge in [-0.15, -0.1) is 0 Å². The SMILES string of the molecule is C1CCC(C2CCC(N(C3CCC(C4CCCCC4)CC3)C3CCC(C4CCC(C5CCCC6C7CCC8SC9CCCCC9C8C7SC56)CC4)CC3)CC2)CC1. The second-order valence-electron chi connectivity index (χ2n) is 23.9. The highest BCUT2D eigenvalue weighted by molar-refractivity contribution is 8.02. The van der Waals surface area contributed by atoms with Crippen molar-refractivity contribution in [1.82, 2.24) is 4.90 Å². The van der Waals surface area contributed by atoms with Gasteiger partial charge in [0.1, 0.15) is 0 Å². The Kier molecular flexibility index (Phi) is 13.1. The van der Waals surface area contributed by atoms with E-state index >= 15 is 0 Å². The zero-order chi connectivity index (χ0) is 37.7. The van der Waals surface area contributed by atoms with Crippen molar-refractivity contribution in [2.24, 2.45) is 71.0 Å². The lowest BCUT2D eigenvalue weighted by atomic mass is 9.61. The number of nitrogens with zero attached hydrogens (tertiary/aromatic N) is 1. The maximum absolute atomic E-state index is 3.35. The van der Waals surface area contributed by atoms with E-state index in [1.807, 2.05) is 0 Å². The molecular weight excluding hydrogens is 727 g/mol. The highest BCUT2D eigenvalue weighted by Gasteiger charge is 2.59. The first kappa shape index (κ1) is 40.4. The summed E-state index contributed by atoms with van der Waals surface area (Å²) in [4.78, 5) is 3.35. The van der Waals surface area contributed by atoms with Crippen molar-refractivity contribution in [2.75, 3.05) is 0 Å². The number of thioether (sulfide) groups is 2. The van der Waals surface area contributed by atoms with Crippen molar-refractivity contribution in [1.29, 1.82) is 0 Å². The van der Waals surface area contributed by atoms with Crippen LogP contribution in [0, 0.1) is 71.0 Å². The normalized spacial score (nSPS) is 50.2. The lowest BCUT2D eigenvalue weighted by molar-refractivity contribution is -0.0120. The predicted molar refractivity (Wildman–Crippen MR) is 247 cm³/mol. The molecule has 0 aromatic carbocycles. The summed E-state index contributed by atoms with van der Waals surface area (Å²) in [6, 6.07) is 2.78. The van der Waals surface area contributed by atoms with Crippen LogP contribution >= 0.6 is 23.5 Å². The van der Waals surface area contributed by atoms with E-state index in [2.05, 4.69) is 28.4 Å². The van der Waals surface area contributed by atoms with Gasteiger partial charge in [-0.1, -0.05) is 83.5 Å². The van der Waals surface area contributed by atoms with Crippen molar-refractivity contribution < 1.29 is 0 Å². The van der Waals surface area contributed by atoms with Gasteiger partial charge in [-0.05, 0) is 212 Å². The van der Waals surface area contributed by atoms with Gasteiger partial charge in [-0.3, -0.25) is 4.90 Å². The van der Waals surface area contributed by atoms with E-state index < -0.39 is 0 Å². The summed E-state index contributed by atoms with van der Waals surface area (Å²) in [6.45, 7) is 0. The van der Waals surface area contributed by atoms with Crippen LogP contribution in [0.1, 0.15) is 225 Å². The average molecular weight is 816 g/mol. The first-order valence-electron chi connectivity index (χ1n) is 27.3. The molecule has 0 spiro atoms. The molecule has 11 rings (SSSR count). The maximum atomic E-state index is 3.35. The Balaban J connectivity index is 0.696. The number of fused-ring (bicyclic) bond motifs is 7. The van der Waals surface area contributed by atoms with E-state index in [-0.39, 0.29) is 0 Å². The number of hydrogen-bond acceptors (Lipinski definition) is 3. The average Bonchev–Trinajstić information content (AvgIpc) is 3.87. The minimum absolute atomic E-state index is 0.925. The standard InChI is InChI=1S/C54H89NS2/c1-3-10-36(11-4-1)39-22-28-43(29-23-39)55(44-30-24-40(25-31-44)37-12-5-2-6-13-37)45-32-26-41(27-33-45)38-18-20-42(21-19-38)46-15-9-16-47-48-34-35-51-52(54(48)57-53(46)47)49-14-7-8-17-50(49)56-51/h36-54H,1-35H2. The van der Waals surface area contributed by atoms with Crippen LogP contribution < -0.4 is 0 Å². The minimum Gasteiger partial charge on any atom is -0.294 e. The zero-order valence-electron chi connectivity index (χ0n) is 37.0. The first-order valence-corrected chi connectivity index (χ1v) is 29.2. The Bertz CT molecular complexity index is 1220. The monoisotopic (exact) mass is 816 g/mol. The molecule has 2 saturated heterocycles. The molecule has 3 heteroatoms. The highest BCUT2D eigenvalue weighted by atomic mass is 32.2. The highest BCUT2D eigenvalue weighted by Crippen LogP contribution is 2.66. The molecule has 57 heavy (non-hydrogen) atoms. The fraction of sp³-hybridized carbons (Fsp3) is 1.00. The summed E-state index contributed by atoms with van der Waals surface area (Å²) in [5, 5.41) is 4.21. The summed E-state index contributed by atoms with van der Waals surface area (Å²) in [5.74, 6) is 13.1. The van der Waals surface area contributed by atoms with Crippen molar-refractivity contribution in [3.8, 4) is 0 Å². The van der Waals surface area contributed by atoms with Gasteiger partial charge in [-0.2, -0.15) is 23.5 Å². The lowest BCUT2D eigenvalue weighted by Crippen LogP contribution is -2.53. The molecule has 9 atom stereocenters. The fourth-order valence-corrected chi connectivity index (χ4v) is 23.6. The summed E-state index contributed by atoms with van der Waals surface area (Å²) in [7, 11) is 0. The molecule has 9 saturated carbocycles. The molecule has 2 aliphatic heterocycles. The quantitative estimate of drug-likeness (QED) is 0.252. The van der Waals surface area contributed by atoms with E-state index in [0.29, 0.717) is 0 Å². The second kappa shape index (κ2) is 18.4. The van der Waals surface area contributed by atoms with Gasteiger partial charge >= 0.3 is 0 Å². The van der Waals surface area contributed by atoms with Gasteiger partial charge < -0.3 is 0 Å². The van der Waals surface area contributed by atoms with E-state index in [1.165, 1.54) is 44.9 Å². The molecule has 0 N–H and O–H groups in total. The Hall–Kier alpha value is 0.660. The Morgan fingerprint density at radius 1 is 0.246 bits per heavy atom. The molecule has 1 nitrogen and oxygen atoms in total. The number of rotatable bonds is 7. The molecule has 0 amide bonds. The van der Waals surface area contributed by atoms with Crippen molar-refractivity contribution in [3.05, 3.63) is 0 Å². The fourth-order valence-electron chi connectivity index (χ4n) is 18.8. The van der Waals surface area contributed by atoms with E-state index in [4.69, 9.17) is 0 Å². The van der Waals surface area contributed by atoms with Crippen molar-refractivity contribution in [3.63, 3.8) is 0 Å². The van der Waals surface area contributed by atoms with Crippen LogP contribution in [0.5, 0.6) is 0 Å².